The highest BCUT2D eigenvalue weighted by Gasteiger charge is 2.16. The van der Waals surface area contributed by atoms with Crippen LogP contribution in [0.2, 0.25) is 0 Å². The van der Waals surface area contributed by atoms with Gasteiger partial charge in [0.25, 0.3) is 0 Å². The van der Waals surface area contributed by atoms with E-state index < -0.39 is 0 Å². The molecule has 1 aromatic carbocycles. The Hall–Kier alpha value is -1.35. The lowest BCUT2D eigenvalue weighted by atomic mass is 10.0. The van der Waals surface area contributed by atoms with Crippen LogP contribution >= 0.6 is 0 Å². The zero-order valence-corrected chi connectivity index (χ0v) is 10.7. The quantitative estimate of drug-likeness (QED) is 0.832. The van der Waals surface area contributed by atoms with Gasteiger partial charge in [0.05, 0.1) is 0 Å². The number of para-hydroxylation sites is 1. The lowest BCUT2D eigenvalue weighted by Crippen LogP contribution is -2.21. The van der Waals surface area contributed by atoms with Crippen molar-refractivity contribution in [2.24, 2.45) is 5.73 Å². The predicted octanol–water partition coefficient (Wildman–Crippen LogP) is 3.20. The number of rotatable bonds is 4. The van der Waals surface area contributed by atoms with Crippen molar-refractivity contribution < 1.29 is 9.13 Å². The molecule has 0 spiro atoms. The second-order valence-electron chi connectivity index (χ2n) is 4.92. The third kappa shape index (κ3) is 3.33. The van der Waals surface area contributed by atoms with Crippen LogP contribution < -0.4 is 10.5 Å². The highest BCUT2D eigenvalue weighted by Crippen LogP contribution is 2.27. The number of ether oxygens (including phenoxy) is 1. The molecule has 0 aromatic heterocycles. The summed E-state index contributed by atoms with van der Waals surface area (Å²) in [7, 11) is 0. The third-order valence-corrected chi connectivity index (χ3v) is 3.07. The first-order valence-corrected chi connectivity index (χ1v) is 6.53. The molecule has 0 bridgehead atoms. The van der Waals surface area contributed by atoms with Gasteiger partial charge >= 0.3 is 0 Å². The van der Waals surface area contributed by atoms with Gasteiger partial charge in [0.1, 0.15) is 6.10 Å². The minimum atomic E-state index is -0.299. The molecular weight excluding hydrogens is 229 g/mol. The van der Waals surface area contributed by atoms with E-state index in [2.05, 4.69) is 6.08 Å². The summed E-state index contributed by atoms with van der Waals surface area (Å²) in [6.45, 7) is 1.91. The van der Waals surface area contributed by atoms with Crippen molar-refractivity contribution in [3.05, 3.63) is 41.7 Å². The summed E-state index contributed by atoms with van der Waals surface area (Å²) in [6.07, 6.45) is 7.86. The molecule has 1 aliphatic carbocycles. The van der Waals surface area contributed by atoms with Crippen LogP contribution in [-0.2, 0) is 6.42 Å². The fourth-order valence-electron chi connectivity index (χ4n) is 2.22. The Morgan fingerprint density at radius 3 is 3.00 bits per heavy atom. The number of hydrogen-bond donors (Lipinski definition) is 1. The number of allylic oxidation sites excluding steroid dienone is 1. The molecular formula is C15H20FNO. The largest absolute Gasteiger partial charge is 0.483 e. The van der Waals surface area contributed by atoms with E-state index in [1.54, 1.807) is 6.07 Å². The molecule has 1 aromatic rings. The topological polar surface area (TPSA) is 35.2 Å². The van der Waals surface area contributed by atoms with Gasteiger partial charge in [-0.1, -0.05) is 18.2 Å². The number of hydrogen-bond acceptors (Lipinski definition) is 2. The molecule has 0 aliphatic heterocycles. The van der Waals surface area contributed by atoms with E-state index in [1.807, 2.05) is 19.1 Å². The molecule has 2 N–H and O–H groups in total. The molecule has 0 fully saturated rings. The summed E-state index contributed by atoms with van der Waals surface area (Å²) in [6, 6.07) is 5.02. The van der Waals surface area contributed by atoms with Crippen molar-refractivity contribution >= 4 is 0 Å². The SMILES string of the molecule is CC(N)Cc1cccc(F)c1OC1C=CCCC1. The lowest BCUT2D eigenvalue weighted by molar-refractivity contribution is 0.217. The summed E-state index contributed by atoms with van der Waals surface area (Å²) >= 11 is 0. The van der Waals surface area contributed by atoms with Gasteiger partial charge in [-0.3, -0.25) is 0 Å². The first-order valence-electron chi connectivity index (χ1n) is 6.53. The van der Waals surface area contributed by atoms with Crippen LogP contribution in [0.1, 0.15) is 31.7 Å². The molecule has 98 valence electrons. The van der Waals surface area contributed by atoms with Gasteiger partial charge in [0, 0.05) is 6.04 Å². The maximum Gasteiger partial charge on any atom is 0.165 e. The van der Waals surface area contributed by atoms with Crippen molar-refractivity contribution in [2.45, 2.75) is 44.8 Å². The Labute approximate surface area is 108 Å². The first kappa shape index (κ1) is 13.1. The molecule has 1 aliphatic rings. The van der Waals surface area contributed by atoms with E-state index in [0.29, 0.717) is 12.2 Å². The minimum Gasteiger partial charge on any atom is -0.483 e. The van der Waals surface area contributed by atoms with Crippen LogP contribution in [0.15, 0.2) is 30.4 Å². The summed E-state index contributed by atoms with van der Waals surface area (Å²) in [5, 5.41) is 0. The van der Waals surface area contributed by atoms with Crippen molar-refractivity contribution in [1.29, 1.82) is 0 Å². The van der Waals surface area contributed by atoms with Crippen molar-refractivity contribution in [2.75, 3.05) is 0 Å². The van der Waals surface area contributed by atoms with E-state index >= 15 is 0 Å². The highest BCUT2D eigenvalue weighted by molar-refractivity contribution is 5.36. The summed E-state index contributed by atoms with van der Waals surface area (Å²) in [5.74, 6) is 0.0680. The molecule has 2 nitrogen and oxygen atoms in total. The standard InChI is InChI=1S/C15H20FNO/c1-11(17)10-12-6-5-9-14(16)15(12)18-13-7-3-2-4-8-13/h3,5-7,9,11,13H,2,4,8,10,17H2,1H3. The first-order chi connectivity index (χ1) is 8.66. The van der Waals surface area contributed by atoms with Crippen molar-refractivity contribution in [3.63, 3.8) is 0 Å². The highest BCUT2D eigenvalue weighted by atomic mass is 19.1. The number of benzene rings is 1. The van der Waals surface area contributed by atoms with Gasteiger partial charge in [0.2, 0.25) is 0 Å². The predicted molar refractivity (Wildman–Crippen MR) is 71.2 cm³/mol. The Balaban J connectivity index is 2.19. The Bertz CT molecular complexity index is 429. The van der Waals surface area contributed by atoms with Crippen LogP contribution in [-0.4, -0.2) is 12.1 Å². The van der Waals surface area contributed by atoms with E-state index in [4.69, 9.17) is 10.5 Å². The summed E-state index contributed by atoms with van der Waals surface area (Å²) < 4.78 is 19.7. The van der Waals surface area contributed by atoms with E-state index in [1.165, 1.54) is 6.07 Å². The fraction of sp³-hybridized carbons (Fsp3) is 0.467. The molecule has 0 amide bonds. The van der Waals surface area contributed by atoms with Gasteiger partial charge in [-0.2, -0.15) is 0 Å². The normalized spacial score (nSPS) is 20.7. The van der Waals surface area contributed by atoms with Gasteiger partial charge < -0.3 is 10.5 Å². The molecule has 3 heteroatoms. The fourth-order valence-corrected chi connectivity index (χ4v) is 2.22. The average Bonchev–Trinajstić information content (AvgIpc) is 2.34. The van der Waals surface area contributed by atoms with Gasteiger partial charge in [-0.25, -0.2) is 4.39 Å². The monoisotopic (exact) mass is 249 g/mol. The smallest absolute Gasteiger partial charge is 0.165 e. The zero-order valence-electron chi connectivity index (χ0n) is 10.7. The van der Waals surface area contributed by atoms with Crippen LogP contribution in [0.4, 0.5) is 4.39 Å². The Morgan fingerprint density at radius 2 is 2.33 bits per heavy atom. The summed E-state index contributed by atoms with van der Waals surface area (Å²) in [4.78, 5) is 0. The van der Waals surface area contributed by atoms with Gasteiger partial charge in [-0.05, 0) is 50.3 Å². The molecule has 18 heavy (non-hydrogen) atoms. The van der Waals surface area contributed by atoms with Crippen LogP contribution in [0.25, 0.3) is 0 Å². The second kappa shape index (κ2) is 6.01. The third-order valence-electron chi connectivity index (χ3n) is 3.07. The molecule has 2 rings (SSSR count). The van der Waals surface area contributed by atoms with E-state index in [-0.39, 0.29) is 18.0 Å². The second-order valence-corrected chi connectivity index (χ2v) is 4.92. The maximum absolute atomic E-state index is 13.9. The lowest BCUT2D eigenvalue weighted by Gasteiger charge is -2.21. The van der Waals surface area contributed by atoms with Gasteiger partial charge in [0.15, 0.2) is 11.6 Å². The van der Waals surface area contributed by atoms with Crippen LogP contribution in [0.5, 0.6) is 5.75 Å². The van der Waals surface area contributed by atoms with Crippen molar-refractivity contribution in [3.8, 4) is 5.75 Å². The molecule has 0 saturated heterocycles. The number of nitrogens with two attached hydrogens (primary N) is 1. The van der Waals surface area contributed by atoms with Crippen molar-refractivity contribution in [1.82, 2.24) is 0 Å². The Kier molecular flexibility index (Phi) is 4.37. The van der Waals surface area contributed by atoms with Crippen LogP contribution in [0, 0.1) is 5.82 Å². The molecule has 0 saturated carbocycles. The zero-order chi connectivity index (χ0) is 13.0. The minimum absolute atomic E-state index is 0.00366. The molecule has 0 heterocycles. The van der Waals surface area contributed by atoms with E-state index in [0.717, 1.165) is 24.8 Å². The molecule has 2 atom stereocenters. The molecule has 2 unspecified atom stereocenters. The molecule has 0 radical (unpaired) electrons. The maximum atomic E-state index is 13.9. The van der Waals surface area contributed by atoms with Gasteiger partial charge in [-0.15, -0.1) is 0 Å². The average molecular weight is 249 g/mol. The van der Waals surface area contributed by atoms with E-state index in [9.17, 15) is 4.39 Å². The Morgan fingerprint density at radius 1 is 1.50 bits per heavy atom. The van der Waals surface area contributed by atoms with Crippen LogP contribution in [0.3, 0.4) is 0 Å². The number of halogens is 1. The summed E-state index contributed by atoms with van der Waals surface area (Å²) in [5.41, 5.74) is 6.64.